The molecule has 0 unspecified atom stereocenters. The van der Waals surface area contributed by atoms with Crippen LogP contribution in [0.3, 0.4) is 0 Å². The molecule has 1 nitrogen and oxygen atoms in total. The molecule has 0 fully saturated rings. The van der Waals surface area contributed by atoms with E-state index in [9.17, 15) is 0 Å². The van der Waals surface area contributed by atoms with Gasteiger partial charge in [-0.3, -0.25) is 0 Å². The van der Waals surface area contributed by atoms with Gasteiger partial charge in [-0.25, -0.2) is 0 Å². The fourth-order valence-corrected chi connectivity index (χ4v) is 6.97. The Bertz CT molecular complexity index is 90.2. The van der Waals surface area contributed by atoms with E-state index in [-0.39, 0.29) is 51.4 Å². The van der Waals surface area contributed by atoms with E-state index in [0.717, 1.165) is 0 Å². The molecule has 10 heavy (non-hydrogen) atoms. The second-order valence-corrected chi connectivity index (χ2v) is 12.4. The van der Waals surface area contributed by atoms with Crippen molar-refractivity contribution < 1.29 is 0 Å². The van der Waals surface area contributed by atoms with Crippen molar-refractivity contribution in [1.29, 1.82) is 0 Å². The van der Waals surface area contributed by atoms with Crippen molar-refractivity contribution in [2.75, 3.05) is 7.05 Å². The Morgan fingerprint density at radius 2 is 1.40 bits per heavy atom. The largest absolute Gasteiger partial charge is 0.351 e. The minimum Gasteiger partial charge on any atom is -0.351 e. The number of hydrogen-bond donors (Lipinski definition) is 0. The molecule has 0 aromatic heterocycles. The summed E-state index contributed by atoms with van der Waals surface area (Å²) in [6.45, 7) is 12.0. The minimum atomic E-state index is -0.929. The van der Waals surface area contributed by atoms with Crippen molar-refractivity contribution in [3.05, 3.63) is 0 Å². The van der Waals surface area contributed by atoms with Gasteiger partial charge in [0.2, 0.25) is 0 Å². The molecule has 4 heteroatoms. The zero-order valence-electron chi connectivity index (χ0n) is 8.52. The van der Waals surface area contributed by atoms with Crippen molar-refractivity contribution in [3.8, 4) is 0 Å². The van der Waals surface area contributed by atoms with E-state index in [1.54, 1.807) is 0 Å². The second-order valence-electron chi connectivity index (χ2n) is 3.88. The summed E-state index contributed by atoms with van der Waals surface area (Å²) in [7, 11) is 0.858. The van der Waals surface area contributed by atoms with Crippen LogP contribution in [0, 0.1) is 0 Å². The molecule has 0 atom stereocenters. The molecule has 0 saturated carbocycles. The average molecular weight is 200 g/mol. The van der Waals surface area contributed by atoms with Crippen molar-refractivity contribution >= 4 is 68.6 Å². The van der Waals surface area contributed by atoms with E-state index < -0.39 is 17.2 Å². The van der Waals surface area contributed by atoms with Crippen molar-refractivity contribution in [2.45, 2.75) is 32.7 Å². The van der Waals surface area contributed by atoms with Gasteiger partial charge in [0, 0.05) is 51.4 Å². The average Bonchev–Trinajstić information content (AvgIpc) is 1.62. The molecule has 0 heterocycles. The van der Waals surface area contributed by atoms with Crippen LogP contribution >= 0.6 is 0 Å². The second kappa shape index (κ2) is 5.64. The van der Waals surface area contributed by atoms with Crippen LogP contribution in [0.4, 0.5) is 0 Å². The molecule has 0 aromatic rings. The number of rotatable bonds is 2. The van der Waals surface area contributed by atoms with Gasteiger partial charge in [-0.2, -0.15) is 0 Å². The van der Waals surface area contributed by atoms with Gasteiger partial charge in [0.1, 0.15) is 8.24 Å². The SMILES string of the molecule is CN([SiH](C)C)[Si](C)(C)C.[K]. The Labute approximate surface area is 111 Å². The van der Waals surface area contributed by atoms with Crippen LogP contribution in [0.2, 0.25) is 32.7 Å². The molecule has 57 valence electrons. The van der Waals surface area contributed by atoms with Crippen LogP contribution in [-0.4, -0.2) is 79.9 Å². The Morgan fingerprint density at radius 1 is 1.10 bits per heavy atom. The van der Waals surface area contributed by atoms with Gasteiger partial charge in [0.05, 0.1) is 8.96 Å². The molecule has 0 amide bonds. The maximum Gasteiger partial charge on any atom is 0.111 e. The zero-order valence-corrected chi connectivity index (χ0v) is 13.8. The van der Waals surface area contributed by atoms with Crippen LogP contribution < -0.4 is 0 Å². The Balaban J connectivity index is 0. The summed E-state index contributed by atoms with van der Waals surface area (Å²) >= 11 is 0. The molecular weight excluding hydrogens is 181 g/mol. The maximum absolute atomic E-state index is 2.63. The van der Waals surface area contributed by atoms with E-state index in [0.29, 0.717) is 0 Å². The van der Waals surface area contributed by atoms with Crippen LogP contribution in [0.1, 0.15) is 0 Å². The van der Waals surface area contributed by atoms with Crippen LogP contribution in [0.15, 0.2) is 0 Å². The summed E-state index contributed by atoms with van der Waals surface area (Å²) in [6, 6.07) is 0. The summed E-state index contributed by atoms with van der Waals surface area (Å²) in [5.41, 5.74) is 0. The summed E-state index contributed by atoms with van der Waals surface area (Å²) < 4.78 is 2.63. The van der Waals surface area contributed by atoms with E-state index in [4.69, 9.17) is 0 Å². The zero-order chi connectivity index (χ0) is 7.65. The molecule has 0 N–H and O–H groups in total. The van der Waals surface area contributed by atoms with Gasteiger partial charge in [0.15, 0.2) is 0 Å². The van der Waals surface area contributed by atoms with E-state index in [2.05, 4.69) is 44.0 Å². The predicted molar refractivity (Wildman–Crippen MR) is 55.7 cm³/mol. The fourth-order valence-electron chi connectivity index (χ4n) is 0.775. The van der Waals surface area contributed by atoms with Gasteiger partial charge in [-0.05, 0) is 7.05 Å². The molecule has 0 aliphatic carbocycles. The van der Waals surface area contributed by atoms with Crippen molar-refractivity contribution in [3.63, 3.8) is 0 Å². The van der Waals surface area contributed by atoms with Crippen LogP contribution in [-0.2, 0) is 0 Å². The molecular formula is C6H19KNSi2. The van der Waals surface area contributed by atoms with Crippen LogP contribution in [0.5, 0.6) is 0 Å². The smallest absolute Gasteiger partial charge is 0.111 e. The van der Waals surface area contributed by atoms with E-state index in [1.807, 2.05) is 0 Å². The van der Waals surface area contributed by atoms with Gasteiger partial charge in [-0.15, -0.1) is 0 Å². The third-order valence-electron chi connectivity index (χ3n) is 1.83. The molecule has 0 bridgehead atoms. The molecule has 0 saturated heterocycles. The minimum absolute atomic E-state index is 0. The van der Waals surface area contributed by atoms with E-state index >= 15 is 0 Å². The maximum atomic E-state index is 2.63. The Kier molecular flexibility index (Phi) is 8.20. The number of nitrogens with zero attached hydrogens (tertiary/aromatic N) is 1. The first-order valence-corrected chi connectivity index (χ1v) is 9.86. The Hall–Kier alpha value is 2.03. The topological polar surface area (TPSA) is 3.24 Å². The van der Waals surface area contributed by atoms with Crippen molar-refractivity contribution in [1.82, 2.24) is 4.23 Å². The fraction of sp³-hybridized carbons (Fsp3) is 1.00. The molecule has 0 aliphatic heterocycles. The monoisotopic (exact) mass is 200 g/mol. The van der Waals surface area contributed by atoms with Gasteiger partial charge in [-0.1, -0.05) is 32.7 Å². The number of hydrogen-bond acceptors (Lipinski definition) is 1. The molecule has 1 radical (unpaired) electrons. The third kappa shape index (κ3) is 5.65. The summed E-state index contributed by atoms with van der Waals surface area (Å²) in [6.07, 6.45) is 0. The standard InChI is InChI=1S/C6H19NSi2.K/c1-7(8(2)3)9(4,5)6;/h8H,1-6H3;. The van der Waals surface area contributed by atoms with E-state index in [1.165, 1.54) is 0 Å². The van der Waals surface area contributed by atoms with Gasteiger partial charge < -0.3 is 4.23 Å². The van der Waals surface area contributed by atoms with Gasteiger partial charge in [0.25, 0.3) is 0 Å². The molecule has 0 spiro atoms. The third-order valence-corrected chi connectivity index (χ3v) is 9.37. The van der Waals surface area contributed by atoms with Gasteiger partial charge >= 0.3 is 0 Å². The molecule has 0 rings (SSSR count). The predicted octanol–water partition coefficient (Wildman–Crippen LogP) is 1.36. The molecule has 0 aliphatic rings. The first-order chi connectivity index (χ1) is 3.85. The normalized spacial score (nSPS) is 12.0. The summed E-state index contributed by atoms with van der Waals surface area (Å²) in [4.78, 5) is 0. The first kappa shape index (κ1) is 14.5. The van der Waals surface area contributed by atoms with Crippen LogP contribution in [0.25, 0.3) is 0 Å². The Morgan fingerprint density at radius 3 is 1.40 bits per heavy atom. The molecule has 0 aromatic carbocycles. The van der Waals surface area contributed by atoms with Crippen molar-refractivity contribution in [2.24, 2.45) is 0 Å². The summed E-state index contributed by atoms with van der Waals surface area (Å²) in [5.74, 6) is 0. The summed E-state index contributed by atoms with van der Waals surface area (Å²) in [5, 5.41) is 0. The quantitative estimate of drug-likeness (QED) is 0.609. The first-order valence-electron chi connectivity index (χ1n) is 3.58.